The third-order valence-corrected chi connectivity index (χ3v) is 17.5. The zero-order chi connectivity index (χ0) is 45.2. The molecule has 0 aliphatic heterocycles. The fourth-order valence-corrected chi connectivity index (χ4v) is 14.9. The lowest BCUT2D eigenvalue weighted by atomic mass is 9.69. The molecule has 0 saturated heterocycles. The first kappa shape index (κ1) is 39.3. The maximum absolute atomic E-state index is 2.66. The van der Waals surface area contributed by atoms with Crippen molar-refractivity contribution in [3.05, 3.63) is 258 Å². The molecule has 69 heavy (non-hydrogen) atoms. The van der Waals surface area contributed by atoms with Crippen LogP contribution < -0.4 is 4.90 Å². The van der Waals surface area contributed by atoms with Crippen LogP contribution in [0, 0.1) is 23.7 Å². The van der Waals surface area contributed by atoms with Gasteiger partial charge in [0.2, 0.25) is 0 Å². The van der Waals surface area contributed by atoms with Crippen molar-refractivity contribution in [2.45, 2.75) is 37.0 Å². The maximum Gasteiger partial charge on any atom is 0.0726 e. The van der Waals surface area contributed by atoms with Gasteiger partial charge in [0.1, 0.15) is 0 Å². The molecular weight excluding hydrogens is 831 g/mol. The Balaban J connectivity index is 0.911. The number of rotatable bonds is 7. The van der Waals surface area contributed by atoms with Crippen LogP contribution in [0.15, 0.2) is 231 Å². The molecule has 1 nitrogen and oxygen atoms in total. The van der Waals surface area contributed by atoms with Crippen LogP contribution in [0.4, 0.5) is 17.1 Å². The van der Waals surface area contributed by atoms with Gasteiger partial charge in [-0.15, -0.1) is 0 Å². The summed E-state index contributed by atoms with van der Waals surface area (Å²) in [6.45, 7) is 0. The second kappa shape index (κ2) is 15.1. The summed E-state index contributed by atoms with van der Waals surface area (Å²) in [7, 11) is 0. The summed E-state index contributed by atoms with van der Waals surface area (Å²) in [4.78, 5) is 2.51. The summed E-state index contributed by atoms with van der Waals surface area (Å²) in [6.07, 6.45) is 5.79. The Morgan fingerprint density at radius 1 is 0.333 bits per heavy atom. The molecule has 6 unspecified atom stereocenters. The van der Waals surface area contributed by atoms with Gasteiger partial charge in [-0.25, -0.2) is 0 Å². The van der Waals surface area contributed by atoms with Gasteiger partial charge in [0.05, 0.1) is 11.1 Å². The molecule has 10 aromatic carbocycles. The Bertz CT molecular complexity index is 3660. The van der Waals surface area contributed by atoms with E-state index >= 15 is 0 Å². The predicted molar refractivity (Wildman–Crippen MR) is 286 cm³/mol. The molecule has 0 N–H and O–H groups in total. The lowest BCUT2D eigenvalue weighted by Gasteiger charge is -2.34. The van der Waals surface area contributed by atoms with Gasteiger partial charge in [-0.1, -0.05) is 200 Å². The number of fused-ring (bicyclic) bond motifs is 11. The smallest absolute Gasteiger partial charge is 0.0726 e. The molecule has 4 fully saturated rings. The summed E-state index contributed by atoms with van der Waals surface area (Å²) in [5.74, 6) is 4.34. The second-order valence-corrected chi connectivity index (χ2v) is 20.7. The minimum absolute atomic E-state index is 0.443. The van der Waals surface area contributed by atoms with E-state index in [1.54, 1.807) is 5.56 Å². The largest absolute Gasteiger partial charge is 0.310 e. The number of hydrogen-bond acceptors (Lipinski definition) is 1. The molecule has 10 aromatic rings. The van der Waals surface area contributed by atoms with Crippen molar-refractivity contribution in [1.82, 2.24) is 0 Å². The van der Waals surface area contributed by atoms with Gasteiger partial charge in [-0.2, -0.15) is 0 Å². The fourth-order valence-electron chi connectivity index (χ4n) is 14.9. The van der Waals surface area contributed by atoms with Gasteiger partial charge in [0.15, 0.2) is 0 Å². The third-order valence-electron chi connectivity index (χ3n) is 17.5. The Hall–Kier alpha value is -7.74. The van der Waals surface area contributed by atoms with E-state index in [2.05, 4.69) is 235 Å². The molecule has 0 heterocycles. The number of para-hydroxylation sites is 1. The minimum Gasteiger partial charge on any atom is -0.310 e. The summed E-state index contributed by atoms with van der Waals surface area (Å²) < 4.78 is 0. The zero-order valence-electron chi connectivity index (χ0n) is 38.6. The van der Waals surface area contributed by atoms with E-state index in [9.17, 15) is 0 Å². The number of benzene rings is 10. The van der Waals surface area contributed by atoms with E-state index in [1.165, 1.54) is 114 Å². The lowest BCUT2D eigenvalue weighted by molar-refractivity contribution is 0.249. The van der Waals surface area contributed by atoms with Crippen molar-refractivity contribution in [2.75, 3.05) is 4.90 Å². The highest BCUT2D eigenvalue weighted by atomic mass is 15.1. The predicted octanol–water partition coefficient (Wildman–Crippen LogP) is 17.8. The number of anilines is 3. The Morgan fingerprint density at radius 3 is 1.55 bits per heavy atom. The third kappa shape index (κ3) is 5.71. The molecule has 1 heteroatoms. The van der Waals surface area contributed by atoms with Crippen LogP contribution in [0.1, 0.15) is 59.4 Å². The van der Waals surface area contributed by atoms with Crippen LogP contribution >= 0.6 is 0 Å². The monoisotopic (exact) mass is 881 g/mol. The van der Waals surface area contributed by atoms with Crippen molar-refractivity contribution in [3.63, 3.8) is 0 Å². The summed E-state index contributed by atoms with van der Waals surface area (Å²) in [5, 5.41) is 2.52. The van der Waals surface area contributed by atoms with Crippen molar-refractivity contribution < 1.29 is 0 Å². The van der Waals surface area contributed by atoms with E-state index in [0.29, 0.717) is 5.92 Å². The van der Waals surface area contributed by atoms with Gasteiger partial charge < -0.3 is 4.90 Å². The minimum atomic E-state index is -0.443. The molecule has 6 aliphatic carbocycles. The van der Waals surface area contributed by atoms with Gasteiger partial charge in [0, 0.05) is 16.9 Å². The molecule has 4 bridgehead atoms. The zero-order valence-corrected chi connectivity index (χ0v) is 38.6. The molecule has 0 radical (unpaired) electrons. The van der Waals surface area contributed by atoms with Crippen molar-refractivity contribution in [2.24, 2.45) is 23.7 Å². The quantitative estimate of drug-likeness (QED) is 0.154. The van der Waals surface area contributed by atoms with E-state index in [1.807, 2.05) is 0 Å². The average molecular weight is 882 g/mol. The van der Waals surface area contributed by atoms with E-state index < -0.39 is 5.41 Å². The van der Waals surface area contributed by atoms with Gasteiger partial charge in [-0.05, 0) is 174 Å². The van der Waals surface area contributed by atoms with Crippen molar-refractivity contribution in [3.8, 4) is 55.6 Å². The molecule has 4 saturated carbocycles. The van der Waals surface area contributed by atoms with E-state index in [0.717, 1.165) is 40.7 Å². The summed E-state index contributed by atoms with van der Waals surface area (Å²) in [6, 6.07) is 87.1. The number of nitrogens with zero attached hydrogens (tertiary/aromatic N) is 1. The van der Waals surface area contributed by atoms with Crippen LogP contribution in [-0.2, 0) is 5.41 Å². The molecule has 328 valence electrons. The van der Waals surface area contributed by atoms with Crippen LogP contribution in [0.2, 0.25) is 0 Å². The summed E-state index contributed by atoms with van der Waals surface area (Å²) in [5.41, 5.74) is 22.9. The van der Waals surface area contributed by atoms with Crippen molar-refractivity contribution in [1.29, 1.82) is 0 Å². The first-order valence-corrected chi connectivity index (χ1v) is 25.3. The molecule has 0 aromatic heterocycles. The Labute approximate surface area is 405 Å². The van der Waals surface area contributed by atoms with Gasteiger partial charge in [0.25, 0.3) is 0 Å². The van der Waals surface area contributed by atoms with Crippen molar-refractivity contribution >= 4 is 27.8 Å². The normalized spacial score (nSPS) is 21.9. The van der Waals surface area contributed by atoms with Crippen LogP contribution in [0.3, 0.4) is 0 Å². The Kier molecular flexibility index (Phi) is 8.61. The van der Waals surface area contributed by atoms with Gasteiger partial charge in [-0.3, -0.25) is 0 Å². The van der Waals surface area contributed by atoms with Crippen LogP contribution in [0.5, 0.6) is 0 Å². The van der Waals surface area contributed by atoms with Crippen LogP contribution in [0.25, 0.3) is 66.4 Å². The standard InChI is InChI=1S/C68H51N/c1-3-15-44(16-4-1)52-34-35-53(56-21-8-7-20-55(52)56)46-27-30-50(31-28-46)69(66-26-14-11-19-54(66)45-17-5-2-6-18-45)51-32-33-59-57-22-9-12-24-62(57)68(65(59)42-51)63-25-13-10-23-58(63)61-41-47(29-36-64(61)68)67-49-38-43-37-48(40-49)60(67)39-43/h1-36,41-43,48-49,60,67H,37-40H2. The number of hydrogen-bond donors (Lipinski definition) is 0. The first-order valence-electron chi connectivity index (χ1n) is 25.3. The molecule has 6 atom stereocenters. The van der Waals surface area contributed by atoms with Gasteiger partial charge >= 0.3 is 0 Å². The highest BCUT2D eigenvalue weighted by Gasteiger charge is 2.55. The Morgan fingerprint density at radius 2 is 0.855 bits per heavy atom. The maximum atomic E-state index is 2.66. The molecule has 16 rings (SSSR count). The topological polar surface area (TPSA) is 3.24 Å². The van der Waals surface area contributed by atoms with E-state index in [4.69, 9.17) is 0 Å². The highest BCUT2D eigenvalue weighted by Crippen LogP contribution is 2.67. The molecule has 1 spiro atoms. The molecular formula is C68H51N. The summed E-state index contributed by atoms with van der Waals surface area (Å²) >= 11 is 0. The van der Waals surface area contributed by atoms with Crippen LogP contribution in [-0.4, -0.2) is 0 Å². The molecule has 0 amide bonds. The first-order chi connectivity index (χ1) is 34.2. The average Bonchev–Trinajstić information content (AvgIpc) is 4.07. The molecule has 6 aliphatic rings. The second-order valence-electron chi connectivity index (χ2n) is 20.7. The SMILES string of the molecule is c1ccc(-c2ccccc2N(c2ccc(-c3ccc(-c4ccccc4)c4ccccc34)cc2)c2ccc3c(c2)C2(c4ccccc4-c4cc(C5C6CC7CC(C6)C5C7)ccc42)c2ccccc2-3)cc1. The highest BCUT2D eigenvalue weighted by molar-refractivity contribution is 6.05. The lowest BCUT2D eigenvalue weighted by Crippen LogP contribution is -2.26. The fraction of sp³-hybridized carbons (Fsp3) is 0.147. The van der Waals surface area contributed by atoms with E-state index in [-0.39, 0.29) is 0 Å².